The van der Waals surface area contributed by atoms with Crippen molar-refractivity contribution in [1.82, 2.24) is 20.2 Å². The zero-order valence-electron chi connectivity index (χ0n) is 16.6. The van der Waals surface area contributed by atoms with Crippen molar-refractivity contribution in [2.24, 2.45) is 4.99 Å². The Labute approximate surface area is 187 Å². The zero-order chi connectivity index (χ0) is 19.4. The first-order valence-electron chi connectivity index (χ1n) is 9.81. The Kier molecular flexibility index (Phi) is 7.10. The molecule has 0 radical (unpaired) electrons. The van der Waals surface area contributed by atoms with Crippen molar-refractivity contribution in [2.45, 2.75) is 31.2 Å². The second kappa shape index (κ2) is 9.56. The molecule has 1 saturated carbocycles. The van der Waals surface area contributed by atoms with Gasteiger partial charge in [-0.3, -0.25) is 4.99 Å². The number of rotatable bonds is 7. The molecule has 1 heterocycles. The summed E-state index contributed by atoms with van der Waals surface area (Å²) in [6, 6.07) is 15.3. The molecule has 154 valence electrons. The number of guanidine groups is 1. The number of benzene rings is 2. The Morgan fingerprint density at radius 3 is 2.66 bits per heavy atom. The van der Waals surface area contributed by atoms with E-state index in [0.717, 1.165) is 54.9 Å². The van der Waals surface area contributed by atoms with Crippen molar-refractivity contribution >= 4 is 41.0 Å². The van der Waals surface area contributed by atoms with Gasteiger partial charge in [-0.2, -0.15) is 0 Å². The van der Waals surface area contributed by atoms with Crippen molar-refractivity contribution in [2.75, 3.05) is 20.1 Å². The van der Waals surface area contributed by atoms with Gasteiger partial charge in [0.1, 0.15) is 5.82 Å². The van der Waals surface area contributed by atoms with Crippen LogP contribution in [0.5, 0.6) is 0 Å². The minimum absolute atomic E-state index is 0. The highest BCUT2D eigenvalue weighted by molar-refractivity contribution is 14.0. The lowest BCUT2D eigenvalue weighted by molar-refractivity contribution is 0.558. The second-order valence-electron chi connectivity index (χ2n) is 7.39. The Morgan fingerprint density at radius 1 is 1.14 bits per heavy atom. The third kappa shape index (κ3) is 4.88. The molecule has 2 N–H and O–H groups in total. The summed E-state index contributed by atoms with van der Waals surface area (Å²) in [6.07, 6.45) is 4.86. The van der Waals surface area contributed by atoms with E-state index in [1.54, 1.807) is 19.2 Å². The normalized spacial score (nSPS) is 15.0. The van der Waals surface area contributed by atoms with Gasteiger partial charge in [-0.25, -0.2) is 9.37 Å². The molecule has 1 aliphatic rings. The number of fused-ring (bicyclic) bond motifs is 1. The smallest absolute Gasteiger partial charge is 0.191 e. The summed E-state index contributed by atoms with van der Waals surface area (Å²) in [6.45, 7) is 2.39. The molecule has 1 aliphatic carbocycles. The third-order valence-corrected chi connectivity index (χ3v) is 5.51. The van der Waals surface area contributed by atoms with Crippen LogP contribution < -0.4 is 10.6 Å². The number of para-hydroxylation sites is 2. The molecule has 7 heteroatoms. The average Bonchev–Trinajstić information content (AvgIpc) is 3.40. The van der Waals surface area contributed by atoms with Crippen LogP contribution in [0, 0.1) is 5.82 Å². The summed E-state index contributed by atoms with van der Waals surface area (Å²) in [5.41, 5.74) is 2.89. The fourth-order valence-electron chi connectivity index (χ4n) is 3.70. The Hall–Kier alpha value is -2.16. The standard InChI is InChI=1S/C22H26FN5.HI/c1-24-21(26-15-22(11-12-22)17-7-2-3-8-18(17)23)25-13-6-14-28-16-27-19-9-4-5-10-20(19)28;/h2-5,7-10,16H,6,11-15H2,1H3,(H2,24,25,26);1H. The number of nitrogens with one attached hydrogen (secondary N) is 2. The van der Waals surface area contributed by atoms with Gasteiger partial charge in [0, 0.05) is 32.1 Å². The minimum Gasteiger partial charge on any atom is -0.356 e. The van der Waals surface area contributed by atoms with Crippen molar-refractivity contribution in [3.8, 4) is 0 Å². The van der Waals surface area contributed by atoms with Crippen LogP contribution in [-0.2, 0) is 12.0 Å². The Morgan fingerprint density at radius 2 is 1.90 bits per heavy atom. The maximum absolute atomic E-state index is 14.1. The first-order chi connectivity index (χ1) is 13.7. The lowest BCUT2D eigenvalue weighted by Gasteiger charge is -2.19. The van der Waals surface area contributed by atoms with E-state index in [1.807, 2.05) is 36.7 Å². The highest BCUT2D eigenvalue weighted by Gasteiger charge is 2.45. The van der Waals surface area contributed by atoms with E-state index >= 15 is 0 Å². The molecular weight excluding hydrogens is 480 g/mol. The Balaban J connectivity index is 0.00000240. The van der Waals surface area contributed by atoms with Gasteiger partial charge in [-0.15, -0.1) is 24.0 Å². The molecular formula is C22H27FIN5. The lowest BCUT2D eigenvalue weighted by atomic mass is 9.95. The molecule has 0 unspecified atom stereocenters. The van der Waals surface area contributed by atoms with Crippen LogP contribution in [0.15, 0.2) is 59.9 Å². The molecule has 0 spiro atoms. The summed E-state index contributed by atoms with van der Waals surface area (Å²) in [5, 5.41) is 6.73. The topological polar surface area (TPSA) is 54.2 Å². The molecule has 0 aliphatic heterocycles. The predicted molar refractivity (Wildman–Crippen MR) is 126 cm³/mol. The van der Waals surface area contributed by atoms with E-state index in [4.69, 9.17) is 0 Å². The van der Waals surface area contributed by atoms with Crippen LogP contribution >= 0.6 is 24.0 Å². The second-order valence-corrected chi connectivity index (χ2v) is 7.39. The van der Waals surface area contributed by atoms with E-state index in [2.05, 4.69) is 31.2 Å². The summed E-state index contributed by atoms with van der Waals surface area (Å²) < 4.78 is 16.3. The van der Waals surface area contributed by atoms with Crippen molar-refractivity contribution < 1.29 is 4.39 Å². The summed E-state index contributed by atoms with van der Waals surface area (Å²) in [7, 11) is 1.77. The fraction of sp³-hybridized carbons (Fsp3) is 0.364. The lowest BCUT2D eigenvalue weighted by Crippen LogP contribution is -2.41. The first-order valence-corrected chi connectivity index (χ1v) is 9.81. The molecule has 1 aromatic heterocycles. The number of aromatic nitrogens is 2. The molecule has 0 saturated heterocycles. The van der Waals surface area contributed by atoms with Gasteiger partial charge in [-0.1, -0.05) is 30.3 Å². The first kappa shape index (κ1) is 21.5. The quantitative estimate of drug-likeness (QED) is 0.219. The molecule has 3 aromatic rings. The van der Waals surface area contributed by atoms with Crippen LogP contribution in [0.25, 0.3) is 11.0 Å². The number of hydrogen-bond acceptors (Lipinski definition) is 2. The summed E-state index contributed by atoms with van der Waals surface area (Å²) >= 11 is 0. The van der Waals surface area contributed by atoms with Gasteiger partial charge in [0.05, 0.1) is 17.4 Å². The van der Waals surface area contributed by atoms with Crippen LogP contribution in [0.3, 0.4) is 0 Å². The van der Waals surface area contributed by atoms with E-state index in [1.165, 1.54) is 0 Å². The average molecular weight is 507 g/mol. The molecule has 5 nitrogen and oxygen atoms in total. The van der Waals surface area contributed by atoms with Crippen molar-refractivity contribution in [3.05, 3.63) is 66.2 Å². The maximum Gasteiger partial charge on any atom is 0.191 e. The predicted octanol–water partition coefficient (Wildman–Crippen LogP) is 4.08. The molecule has 29 heavy (non-hydrogen) atoms. The van der Waals surface area contributed by atoms with Crippen LogP contribution in [0.2, 0.25) is 0 Å². The van der Waals surface area contributed by atoms with Gasteiger partial charge in [-0.05, 0) is 43.0 Å². The largest absolute Gasteiger partial charge is 0.356 e. The zero-order valence-corrected chi connectivity index (χ0v) is 18.9. The van der Waals surface area contributed by atoms with E-state index in [-0.39, 0.29) is 35.2 Å². The van der Waals surface area contributed by atoms with E-state index in [9.17, 15) is 4.39 Å². The Bertz CT molecular complexity index is 980. The number of aryl methyl sites for hydroxylation is 1. The molecule has 0 amide bonds. The number of halogens is 2. The van der Waals surface area contributed by atoms with Crippen molar-refractivity contribution in [3.63, 3.8) is 0 Å². The van der Waals surface area contributed by atoms with Crippen LogP contribution in [0.1, 0.15) is 24.8 Å². The van der Waals surface area contributed by atoms with Crippen LogP contribution in [0.4, 0.5) is 4.39 Å². The number of imidazole rings is 1. The third-order valence-electron chi connectivity index (χ3n) is 5.51. The molecule has 2 aromatic carbocycles. The van der Waals surface area contributed by atoms with Gasteiger partial charge in [0.2, 0.25) is 0 Å². The highest BCUT2D eigenvalue weighted by atomic mass is 127. The molecule has 4 rings (SSSR count). The van der Waals surface area contributed by atoms with Gasteiger partial charge in [0.15, 0.2) is 5.96 Å². The van der Waals surface area contributed by atoms with E-state index < -0.39 is 0 Å². The number of nitrogens with zero attached hydrogens (tertiary/aromatic N) is 3. The number of aliphatic imine (C=N–C) groups is 1. The SMILES string of the molecule is CN=C(NCCCn1cnc2ccccc21)NCC1(c2ccccc2F)CC1.I. The van der Waals surface area contributed by atoms with Crippen LogP contribution in [-0.4, -0.2) is 35.6 Å². The van der Waals surface area contributed by atoms with Crippen molar-refractivity contribution in [1.29, 1.82) is 0 Å². The number of hydrogen-bond donors (Lipinski definition) is 2. The van der Waals surface area contributed by atoms with Gasteiger partial charge >= 0.3 is 0 Å². The van der Waals surface area contributed by atoms with E-state index in [0.29, 0.717) is 6.54 Å². The van der Waals surface area contributed by atoms with Gasteiger partial charge in [0.25, 0.3) is 0 Å². The van der Waals surface area contributed by atoms with Gasteiger partial charge < -0.3 is 15.2 Å². The molecule has 1 fully saturated rings. The minimum atomic E-state index is -0.114. The molecule has 0 bridgehead atoms. The summed E-state index contributed by atoms with van der Waals surface area (Å²) in [5.74, 6) is 0.649. The maximum atomic E-state index is 14.1. The highest BCUT2D eigenvalue weighted by Crippen LogP contribution is 2.48. The molecule has 0 atom stereocenters. The fourth-order valence-corrected chi connectivity index (χ4v) is 3.70. The summed E-state index contributed by atoms with van der Waals surface area (Å²) in [4.78, 5) is 8.72. The monoisotopic (exact) mass is 507 g/mol.